The largest absolute Gasteiger partial charge is 0.461 e. The van der Waals surface area contributed by atoms with Crippen LogP contribution in [-0.4, -0.2) is 92.8 Å². The Kier molecular flexibility index (Phi) is 6.48. The van der Waals surface area contributed by atoms with Gasteiger partial charge in [-0.2, -0.15) is 25.3 Å². The van der Waals surface area contributed by atoms with Gasteiger partial charge in [0.05, 0.1) is 23.9 Å². The summed E-state index contributed by atoms with van der Waals surface area (Å²) in [4.78, 5) is 21.6. The minimum atomic E-state index is -0.851. The molecule has 14 heteroatoms. The van der Waals surface area contributed by atoms with Gasteiger partial charge in [-0.15, -0.1) is 11.3 Å². The first kappa shape index (κ1) is 26.4. The monoisotopic (exact) mass is 580 g/mol. The summed E-state index contributed by atoms with van der Waals surface area (Å²) < 4.78 is 20.6. The van der Waals surface area contributed by atoms with E-state index in [1.807, 2.05) is 4.90 Å². The molecule has 6 heterocycles. The van der Waals surface area contributed by atoms with E-state index >= 15 is 0 Å². The maximum atomic E-state index is 14.4. The molecular weight excluding hydrogens is 547 g/mol. The molecule has 3 aromatic rings. The number of aromatic amines is 1. The number of hydrogen-bond donors (Lipinski definition) is 3. The topological polar surface area (TPSA) is 156 Å². The molecule has 0 radical (unpaired) electrons. The summed E-state index contributed by atoms with van der Waals surface area (Å²) in [5.74, 6) is 0.873. The third-order valence-electron chi connectivity index (χ3n) is 9.15. The number of halogens is 1. The SMILES string of the molecule is N#Cc1c(N)sc2c1C1(CC2)CN(c2nc(OC[C@@]34CCCN3C[C@H](F)C4)nc(N(CCO)Cc3cn[nH]c3)n2)C1. The maximum absolute atomic E-state index is 14.4. The first-order valence-corrected chi connectivity index (χ1v) is 14.9. The molecule has 41 heavy (non-hydrogen) atoms. The highest BCUT2D eigenvalue weighted by atomic mass is 32.1. The lowest BCUT2D eigenvalue weighted by molar-refractivity contribution is 0.107. The molecule has 3 fully saturated rings. The Labute approximate surface area is 241 Å². The average molecular weight is 581 g/mol. The lowest BCUT2D eigenvalue weighted by atomic mass is 9.74. The van der Waals surface area contributed by atoms with Gasteiger partial charge in [0.1, 0.15) is 23.8 Å². The van der Waals surface area contributed by atoms with Crippen LogP contribution in [0.25, 0.3) is 0 Å². The van der Waals surface area contributed by atoms with Gasteiger partial charge in [0.15, 0.2) is 0 Å². The van der Waals surface area contributed by atoms with E-state index in [-0.39, 0.29) is 23.6 Å². The zero-order chi connectivity index (χ0) is 28.2. The van der Waals surface area contributed by atoms with Crippen LogP contribution < -0.4 is 20.3 Å². The molecule has 0 saturated carbocycles. The standard InChI is InChI=1S/C27H33FN10O2S/c28-18-8-27(3-1-5-38(27)13-18)16-40-25-34-23(36(6-7-39)12-17-10-31-32-11-17)33-24(35-25)37-14-26(15-37)4-2-20-21(26)19(9-29)22(30)41-20/h10-11,18,39H,1-8,12-16,30H2,(H,31,32)/t18-,27+/m1/s1. The van der Waals surface area contributed by atoms with Crippen LogP contribution in [0.2, 0.25) is 0 Å². The summed E-state index contributed by atoms with van der Waals surface area (Å²) >= 11 is 1.53. The number of anilines is 3. The molecule has 1 aliphatic carbocycles. The minimum absolute atomic E-state index is 0.0862. The van der Waals surface area contributed by atoms with Gasteiger partial charge in [-0.25, -0.2) is 4.39 Å². The minimum Gasteiger partial charge on any atom is -0.461 e. The summed E-state index contributed by atoms with van der Waals surface area (Å²) in [5, 5.41) is 27.1. The van der Waals surface area contributed by atoms with Gasteiger partial charge >= 0.3 is 6.01 Å². The van der Waals surface area contributed by atoms with Gasteiger partial charge in [0.2, 0.25) is 11.9 Å². The van der Waals surface area contributed by atoms with Crippen LogP contribution in [-0.2, 0) is 18.4 Å². The van der Waals surface area contributed by atoms with Crippen molar-refractivity contribution >= 4 is 28.2 Å². The number of hydrogen-bond acceptors (Lipinski definition) is 12. The molecule has 1 spiro atoms. The number of aliphatic hydroxyl groups is 1. The van der Waals surface area contributed by atoms with E-state index in [0.29, 0.717) is 68.2 Å². The Morgan fingerprint density at radius 2 is 2.20 bits per heavy atom. The molecule has 12 nitrogen and oxygen atoms in total. The second kappa shape index (κ2) is 10.1. The summed E-state index contributed by atoms with van der Waals surface area (Å²) in [7, 11) is 0. The highest BCUT2D eigenvalue weighted by Gasteiger charge is 2.52. The van der Waals surface area contributed by atoms with Crippen molar-refractivity contribution in [2.24, 2.45) is 0 Å². The number of ether oxygens (including phenoxy) is 1. The molecule has 3 aromatic heterocycles. The predicted octanol–water partition coefficient (Wildman–Crippen LogP) is 1.77. The quantitative estimate of drug-likeness (QED) is 0.339. The van der Waals surface area contributed by atoms with E-state index in [1.165, 1.54) is 16.2 Å². The molecule has 2 atom stereocenters. The summed E-state index contributed by atoms with van der Waals surface area (Å²) in [6, 6.07) is 2.51. The van der Waals surface area contributed by atoms with Crippen LogP contribution in [0, 0.1) is 11.3 Å². The van der Waals surface area contributed by atoms with E-state index < -0.39 is 6.17 Å². The molecule has 4 N–H and O–H groups in total. The fraction of sp³-hybridized carbons (Fsp3) is 0.593. The molecule has 216 valence electrons. The van der Waals surface area contributed by atoms with Crippen molar-refractivity contribution in [3.63, 3.8) is 0 Å². The Balaban J connectivity index is 1.18. The number of aryl methyl sites for hydroxylation is 1. The number of H-pyrrole nitrogens is 1. The van der Waals surface area contributed by atoms with Crippen LogP contribution >= 0.6 is 11.3 Å². The number of fused-ring (bicyclic) bond motifs is 3. The van der Waals surface area contributed by atoms with Gasteiger partial charge in [-0.05, 0) is 37.8 Å². The smallest absolute Gasteiger partial charge is 0.323 e. The number of nitrogens with one attached hydrogen (secondary N) is 1. The second-order valence-corrected chi connectivity index (χ2v) is 12.9. The van der Waals surface area contributed by atoms with Crippen molar-refractivity contribution in [1.29, 1.82) is 5.26 Å². The molecule has 0 bridgehead atoms. The van der Waals surface area contributed by atoms with E-state index in [4.69, 9.17) is 20.4 Å². The number of aliphatic hydroxyl groups excluding tert-OH is 1. The number of nitrogens with zero attached hydrogens (tertiary/aromatic N) is 8. The molecule has 0 amide bonds. The number of alkyl halides is 1. The van der Waals surface area contributed by atoms with Gasteiger partial charge in [-0.3, -0.25) is 10.00 Å². The van der Waals surface area contributed by atoms with Gasteiger partial charge < -0.3 is 25.4 Å². The van der Waals surface area contributed by atoms with Gasteiger partial charge in [0, 0.05) is 61.2 Å². The lowest BCUT2D eigenvalue weighted by Crippen LogP contribution is -2.59. The Bertz CT molecular complexity index is 1470. The second-order valence-electron chi connectivity index (χ2n) is 11.7. The highest BCUT2D eigenvalue weighted by Crippen LogP contribution is 2.52. The molecule has 0 aromatic carbocycles. The normalized spacial score (nSPS) is 24.3. The highest BCUT2D eigenvalue weighted by molar-refractivity contribution is 7.16. The van der Waals surface area contributed by atoms with Crippen molar-refractivity contribution < 1.29 is 14.2 Å². The van der Waals surface area contributed by atoms with Crippen LogP contribution in [0.15, 0.2) is 12.4 Å². The van der Waals surface area contributed by atoms with E-state index in [1.54, 1.807) is 12.4 Å². The maximum Gasteiger partial charge on any atom is 0.323 e. The molecule has 0 unspecified atom stereocenters. The molecule has 3 aliphatic heterocycles. The van der Waals surface area contributed by atoms with Crippen molar-refractivity contribution in [3.8, 4) is 12.1 Å². The van der Waals surface area contributed by atoms with E-state index in [0.717, 1.165) is 43.4 Å². The summed E-state index contributed by atoms with van der Waals surface area (Å²) in [6.07, 6.45) is 6.91. The zero-order valence-electron chi connectivity index (χ0n) is 22.7. The van der Waals surface area contributed by atoms with Crippen LogP contribution in [0.1, 0.15) is 47.3 Å². The molecule has 3 saturated heterocycles. The number of nitrogen functional groups attached to an aromatic ring is 1. The van der Waals surface area contributed by atoms with Crippen LogP contribution in [0.3, 0.4) is 0 Å². The number of rotatable bonds is 9. The summed E-state index contributed by atoms with van der Waals surface area (Å²) in [6.45, 7) is 3.62. The average Bonchev–Trinajstić information content (AvgIpc) is 3.74. The first-order valence-electron chi connectivity index (χ1n) is 14.1. The molecule has 7 rings (SSSR count). The number of nitriles is 1. The molecular formula is C27H33FN10O2S. The summed E-state index contributed by atoms with van der Waals surface area (Å²) in [5.41, 5.74) is 8.31. The Hall–Kier alpha value is -3.54. The fourth-order valence-electron chi connectivity index (χ4n) is 7.25. The first-order chi connectivity index (χ1) is 19.9. The van der Waals surface area contributed by atoms with Crippen molar-refractivity contribution in [2.45, 2.75) is 55.8 Å². The zero-order valence-corrected chi connectivity index (χ0v) is 23.5. The van der Waals surface area contributed by atoms with Crippen LogP contribution in [0.4, 0.5) is 21.3 Å². The Morgan fingerprint density at radius 1 is 1.32 bits per heavy atom. The van der Waals surface area contributed by atoms with Crippen molar-refractivity contribution in [3.05, 3.63) is 34.0 Å². The number of nitrogens with two attached hydrogens (primary N) is 1. The van der Waals surface area contributed by atoms with E-state index in [9.17, 15) is 14.8 Å². The third-order valence-corrected chi connectivity index (χ3v) is 10.2. The lowest BCUT2D eigenvalue weighted by Gasteiger charge is -2.48. The number of aromatic nitrogens is 5. The van der Waals surface area contributed by atoms with Gasteiger partial charge in [0.25, 0.3) is 0 Å². The molecule has 4 aliphatic rings. The van der Waals surface area contributed by atoms with Crippen molar-refractivity contribution in [2.75, 3.05) is 61.5 Å². The van der Waals surface area contributed by atoms with E-state index in [2.05, 4.69) is 31.1 Å². The predicted molar refractivity (Wildman–Crippen MR) is 151 cm³/mol. The fourth-order valence-corrected chi connectivity index (χ4v) is 8.39. The van der Waals surface area contributed by atoms with Crippen molar-refractivity contribution in [1.82, 2.24) is 30.0 Å². The van der Waals surface area contributed by atoms with Crippen LogP contribution in [0.5, 0.6) is 6.01 Å². The third kappa shape index (κ3) is 4.47. The Morgan fingerprint density at radius 3 is 2.98 bits per heavy atom. The number of thiophene rings is 1. The van der Waals surface area contributed by atoms with Gasteiger partial charge in [-0.1, -0.05) is 0 Å².